The first-order chi connectivity index (χ1) is 14.6. The van der Waals surface area contributed by atoms with Gasteiger partial charge in [0.25, 0.3) is 5.91 Å². The van der Waals surface area contributed by atoms with Gasteiger partial charge in [0.2, 0.25) is 0 Å². The summed E-state index contributed by atoms with van der Waals surface area (Å²) in [6.45, 7) is 4.88. The molecule has 0 spiro atoms. The van der Waals surface area contributed by atoms with Crippen molar-refractivity contribution in [2.45, 2.75) is 37.8 Å². The Kier molecular flexibility index (Phi) is 4.00. The molecule has 4 aliphatic rings. The minimum absolute atomic E-state index is 0.0199. The van der Waals surface area contributed by atoms with Crippen molar-refractivity contribution in [3.63, 3.8) is 0 Å². The van der Waals surface area contributed by atoms with E-state index in [2.05, 4.69) is 14.8 Å². The number of aryl methyl sites for hydroxylation is 1. The summed E-state index contributed by atoms with van der Waals surface area (Å²) in [4.78, 5) is 22.9. The van der Waals surface area contributed by atoms with E-state index in [0.717, 1.165) is 42.8 Å². The zero-order valence-electron chi connectivity index (χ0n) is 17.0. The number of amides is 1. The van der Waals surface area contributed by atoms with E-state index in [1.54, 1.807) is 0 Å². The summed E-state index contributed by atoms with van der Waals surface area (Å²) in [5, 5.41) is 0. The summed E-state index contributed by atoms with van der Waals surface area (Å²) < 4.78 is 15.5. The number of carbonyl (C=O) groups excluding carboxylic acids is 1. The number of fused-ring (bicyclic) bond motifs is 3. The second kappa shape index (κ2) is 6.64. The van der Waals surface area contributed by atoms with Crippen LogP contribution in [-0.2, 0) is 0 Å². The van der Waals surface area contributed by atoms with Gasteiger partial charge < -0.3 is 9.30 Å². The molecule has 6 heterocycles. The Balaban J connectivity index is 1.39. The zero-order chi connectivity index (χ0) is 20.4. The van der Waals surface area contributed by atoms with Gasteiger partial charge in [0.15, 0.2) is 0 Å². The van der Waals surface area contributed by atoms with Crippen molar-refractivity contribution < 1.29 is 9.18 Å². The maximum Gasteiger partial charge on any atom is 0.274 e. The van der Waals surface area contributed by atoms with E-state index >= 15 is 0 Å². The predicted molar refractivity (Wildman–Crippen MR) is 112 cm³/mol. The first kappa shape index (κ1) is 18.1. The lowest BCUT2D eigenvalue weighted by molar-refractivity contribution is -0.00356. The summed E-state index contributed by atoms with van der Waals surface area (Å²) in [6, 6.07) is 13.3. The van der Waals surface area contributed by atoms with Gasteiger partial charge in [-0.05, 0) is 68.6 Å². The third-order valence-corrected chi connectivity index (χ3v) is 7.47. The largest absolute Gasteiger partial charge is 0.332 e. The molecule has 6 heteroatoms. The van der Waals surface area contributed by atoms with Crippen LogP contribution in [0.3, 0.4) is 0 Å². The molecule has 2 aromatic heterocycles. The maximum atomic E-state index is 13.7. The average molecular weight is 404 g/mol. The van der Waals surface area contributed by atoms with E-state index in [4.69, 9.17) is 0 Å². The van der Waals surface area contributed by atoms with E-state index in [-0.39, 0.29) is 23.7 Å². The van der Waals surface area contributed by atoms with Crippen LogP contribution in [0.2, 0.25) is 0 Å². The van der Waals surface area contributed by atoms with E-state index in [1.807, 2.05) is 47.9 Å². The van der Waals surface area contributed by atoms with Gasteiger partial charge >= 0.3 is 0 Å². The highest BCUT2D eigenvalue weighted by Gasteiger charge is 2.54. The summed E-state index contributed by atoms with van der Waals surface area (Å²) in [5.74, 6) is 0.549. The fraction of sp³-hybridized carbons (Fsp3) is 0.417. The number of piperidine rings is 3. The first-order valence-electron chi connectivity index (χ1n) is 10.9. The van der Waals surface area contributed by atoms with Crippen LogP contribution in [0.5, 0.6) is 0 Å². The standard InChI is InChI=1S/C24H25FN4O/c1-15-3-2-4-21-26-20(14-28(15)21)24(30)29-13-19(16-5-7-18(25)8-6-16)23-22(29)17-9-11-27(23)12-10-17/h2-8,14,17,19,22-23H,9-13H2,1H3/t19-,22+,23+/m0/s1. The molecule has 1 aromatic carbocycles. The Bertz CT molecular complexity index is 1120. The number of likely N-dealkylation sites (tertiary alicyclic amines) is 1. The normalized spacial score (nSPS) is 30.1. The topological polar surface area (TPSA) is 40.9 Å². The molecule has 5 nitrogen and oxygen atoms in total. The van der Waals surface area contributed by atoms with Gasteiger partial charge in [-0.1, -0.05) is 18.2 Å². The molecule has 154 valence electrons. The van der Waals surface area contributed by atoms with Crippen molar-refractivity contribution >= 4 is 11.6 Å². The van der Waals surface area contributed by atoms with E-state index in [1.165, 1.54) is 12.1 Å². The van der Waals surface area contributed by atoms with Crippen LogP contribution in [-0.4, -0.2) is 56.8 Å². The Morgan fingerprint density at radius 1 is 1.07 bits per heavy atom. The van der Waals surface area contributed by atoms with Crippen molar-refractivity contribution in [3.8, 4) is 0 Å². The van der Waals surface area contributed by atoms with Crippen LogP contribution in [0, 0.1) is 18.7 Å². The summed E-state index contributed by atoms with van der Waals surface area (Å²) >= 11 is 0. The number of pyridine rings is 1. The lowest BCUT2D eigenvalue weighted by Crippen LogP contribution is -2.60. The highest BCUT2D eigenvalue weighted by molar-refractivity contribution is 5.93. The molecule has 4 aliphatic heterocycles. The van der Waals surface area contributed by atoms with Crippen molar-refractivity contribution in [1.29, 1.82) is 0 Å². The molecule has 0 saturated carbocycles. The van der Waals surface area contributed by atoms with E-state index in [0.29, 0.717) is 24.2 Å². The van der Waals surface area contributed by atoms with Gasteiger partial charge in [0.1, 0.15) is 17.2 Å². The van der Waals surface area contributed by atoms with Crippen LogP contribution >= 0.6 is 0 Å². The minimum atomic E-state index is -0.216. The fourth-order valence-electron chi connectivity index (χ4n) is 6.06. The van der Waals surface area contributed by atoms with Crippen molar-refractivity contribution in [3.05, 3.63) is 71.4 Å². The number of nitrogens with zero attached hydrogens (tertiary/aromatic N) is 4. The molecule has 0 N–H and O–H groups in total. The number of hydrogen-bond donors (Lipinski definition) is 0. The Morgan fingerprint density at radius 3 is 2.57 bits per heavy atom. The fourth-order valence-corrected chi connectivity index (χ4v) is 6.06. The van der Waals surface area contributed by atoms with Crippen LogP contribution in [0.15, 0.2) is 48.7 Å². The van der Waals surface area contributed by atoms with E-state index < -0.39 is 0 Å². The highest BCUT2D eigenvalue weighted by Crippen LogP contribution is 2.46. The third kappa shape index (κ3) is 2.63. The Morgan fingerprint density at radius 2 is 1.83 bits per heavy atom. The molecule has 3 aromatic rings. The maximum absolute atomic E-state index is 13.7. The molecule has 1 amide bonds. The number of hydrogen-bond acceptors (Lipinski definition) is 3. The third-order valence-electron chi connectivity index (χ3n) is 7.47. The van der Waals surface area contributed by atoms with E-state index in [9.17, 15) is 9.18 Å². The van der Waals surface area contributed by atoms with Gasteiger partial charge in [-0.3, -0.25) is 9.69 Å². The Labute approximate surface area is 175 Å². The second-order valence-corrected chi connectivity index (χ2v) is 8.99. The smallest absolute Gasteiger partial charge is 0.274 e. The lowest BCUT2D eigenvalue weighted by Gasteiger charge is -2.51. The SMILES string of the molecule is Cc1cccc2nc(C(=O)N3C[C@@H](c4ccc(F)cc4)[C@@H]4[C@H]3C3CCN4CC3)cn12. The molecule has 4 saturated heterocycles. The Hall–Kier alpha value is -2.73. The molecule has 0 radical (unpaired) electrons. The quantitative estimate of drug-likeness (QED) is 0.657. The first-order valence-corrected chi connectivity index (χ1v) is 10.9. The molecule has 7 rings (SSSR count). The second-order valence-electron chi connectivity index (χ2n) is 8.99. The molecule has 30 heavy (non-hydrogen) atoms. The molecule has 0 unspecified atom stereocenters. The molecule has 4 fully saturated rings. The molecule has 2 bridgehead atoms. The van der Waals surface area contributed by atoms with Gasteiger partial charge in [-0.25, -0.2) is 9.37 Å². The van der Waals surface area contributed by atoms with Crippen LogP contribution in [0.4, 0.5) is 4.39 Å². The number of halogens is 1. The van der Waals surface area contributed by atoms with Crippen molar-refractivity contribution in [2.24, 2.45) is 5.92 Å². The molecule has 0 aliphatic carbocycles. The van der Waals surface area contributed by atoms with Crippen LogP contribution < -0.4 is 0 Å². The van der Waals surface area contributed by atoms with Gasteiger partial charge in [-0.15, -0.1) is 0 Å². The number of aromatic nitrogens is 2. The summed E-state index contributed by atoms with van der Waals surface area (Å²) in [6.07, 6.45) is 4.16. The molecule has 3 atom stereocenters. The predicted octanol–water partition coefficient (Wildman–Crippen LogP) is 3.48. The number of imidazole rings is 1. The van der Waals surface area contributed by atoms with Crippen LogP contribution in [0.25, 0.3) is 5.65 Å². The van der Waals surface area contributed by atoms with Crippen molar-refractivity contribution in [2.75, 3.05) is 19.6 Å². The number of benzene rings is 1. The average Bonchev–Trinajstić information content (AvgIpc) is 3.39. The van der Waals surface area contributed by atoms with Gasteiger partial charge in [0, 0.05) is 30.4 Å². The van der Waals surface area contributed by atoms with Gasteiger partial charge in [-0.2, -0.15) is 0 Å². The minimum Gasteiger partial charge on any atom is -0.332 e. The summed E-state index contributed by atoms with van der Waals surface area (Å²) in [7, 11) is 0. The number of rotatable bonds is 2. The van der Waals surface area contributed by atoms with Crippen molar-refractivity contribution in [1.82, 2.24) is 19.2 Å². The monoisotopic (exact) mass is 404 g/mol. The summed E-state index contributed by atoms with van der Waals surface area (Å²) in [5.41, 5.74) is 3.50. The molecular weight excluding hydrogens is 379 g/mol. The zero-order valence-corrected chi connectivity index (χ0v) is 17.0. The lowest BCUT2D eigenvalue weighted by atomic mass is 9.75. The van der Waals surface area contributed by atoms with Gasteiger partial charge in [0.05, 0.1) is 6.04 Å². The van der Waals surface area contributed by atoms with Crippen LogP contribution in [0.1, 0.15) is 40.5 Å². The molecular formula is C24H25FN4O. The number of carbonyl (C=O) groups is 1. The highest BCUT2D eigenvalue weighted by atomic mass is 19.1.